The number of hydrogen-bond donors (Lipinski definition) is 2. The van der Waals surface area contributed by atoms with Crippen LogP contribution in [-0.4, -0.2) is 55.1 Å². The number of pyridine rings is 1. The SMILES string of the molecule is COc1cc(C(=O)NCC(C)(c2ccc(OC)c(-c3ccc(F)c(Cl)c3)n2)C(F)(F)F)ccc1OCC1(O)CC1. The number of methoxy groups -OCH3 is 2. The van der Waals surface area contributed by atoms with Gasteiger partial charge in [-0.3, -0.25) is 4.79 Å². The number of aromatic nitrogens is 1. The molecule has 7 nitrogen and oxygen atoms in total. The van der Waals surface area contributed by atoms with Crippen LogP contribution in [-0.2, 0) is 5.41 Å². The largest absolute Gasteiger partial charge is 0.494 e. The number of ether oxygens (including phenoxy) is 3. The molecule has 1 amide bonds. The van der Waals surface area contributed by atoms with Gasteiger partial charge < -0.3 is 24.6 Å². The molecule has 1 atom stereocenters. The Bertz CT molecular complexity index is 1410. The molecule has 1 unspecified atom stereocenters. The number of benzene rings is 2. The maximum Gasteiger partial charge on any atom is 0.401 e. The molecule has 1 aliphatic carbocycles. The van der Waals surface area contributed by atoms with E-state index in [1.165, 1.54) is 50.6 Å². The molecular formula is C28H27ClF4N2O5. The highest BCUT2D eigenvalue weighted by Crippen LogP contribution is 2.42. The minimum absolute atomic E-state index is 0.0277. The van der Waals surface area contributed by atoms with Gasteiger partial charge in [0.25, 0.3) is 5.91 Å². The van der Waals surface area contributed by atoms with Crippen molar-refractivity contribution in [2.75, 3.05) is 27.4 Å². The predicted octanol–water partition coefficient (Wildman–Crippen LogP) is 5.71. The van der Waals surface area contributed by atoms with Crippen LogP contribution in [0.2, 0.25) is 5.02 Å². The van der Waals surface area contributed by atoms with E-state index in [4.69, 9.17) is 25.8 Å². The maximum atomic E-state index is 14.5. The zero-order valence-electron chi connectivity index (χ0n) is 21.9. The van der Waals surface area contributed by atoms with Gasteiger partial charge in [0.2, 0.25) is 0 Å². The average molecular weight is 583 g/mol. The third-order valence-corrected chi connectivity index (χ3v) is 7.10. The van der Waals surface area contributed by atoms with Crippen molar-refractivity contribution in [1.82, 2.24) is 10.3 Å². The number of carbonyl (C=O) groups excluding carboxylic acids is 1. The van der Waals surface area contributed by atoms with Gasteiger partial charge >= 0.3 is 6.18 Å². The van der Waals surface area contributed by atoms with Crippen molar-refractivity contribution in [3.05, 3.63) is 70.6 Å². The van der Waals surface area contributed by atoms with E-state index in [9.17, 15) is 27.5 Å². The molecule has 214 valence electrons. The first-order chi connectivity index (χ1) is 18.8. The Labute approximate surface area is 233 Å². The Morgan fingerprint density at radius 3 is 2.33 bits per heavy atom. The molecule has 1 heterocycles. The van der Waals surface area contributed by atoms with Crippen LogP contribution in [0.1, 0.15) is 35.8 Å². The van der Waals surface area contributed by atoms with E-state index in [1.807, 2.05) is 0 Å². The maximum absolute atomic E-state index is 14.5. The Hall–Kier alpha value is -3.57. The predicted molar refractivity (Wildman–Crippen MR) is 140 cm³/mol. The number of nitrogens with one attached hydrogen (secondary N) is 1. The Balaban J connectivity index is 1.59. The monoisotopic (exact) mass is 582 g/mol. The number of halogens is 5. The van der Waals surface area contributed by atoms with E-state index in [2.05, 4.69) is 10.3 Å². The summed E-state index contributed by atoms with van der Waals surface area (Å²) in [5.41, 5.74) is -3.55. The second kappa shape index (κ2) is 11.1. The molecular weight excluding hydrogens is 556 g/mol. The summed E-state index contributed by atoms with van der Waals surface area (Å²) in [7, 11) is 2.69. The van der Waals surface area contributed by atoms with Crippen molar-refractivity contribution in [1.29, 1.82) is 0 Å². The molecule has 40 heavy (non-hydrogen) atoms. The van der Waals surface area contributed by atoms with Gasteiger partial charge in [0.05, 0.1) is 30.5 Å². The first kappa shape index (κ1) is 29.4. The Morgan fingerprint density at radius 2 is 1.73 bits per heavy atom. The molecule has 1 aliphatic rings. The van der Waals surface area contributed by atoms with Gasteiger partial charge in [-0.25, -0.2) is 9.37 Å². The fourth-order valence-corrected chi connectivity index (χ4v) is 4.07. The molecule has 0 saturated heterocycles. The standard InChI is InChI=1S/C28H27ClF4N2O5/c1-26(28(31,32)33,23-9-8-21(38-2)24(35-23)16-4-6-19(30)18(29)12-16)14-34-25(36)17-5-7-20(22(13-17)39-3)40-15-27(37)10-11-27/h4-9,12-13,37H,10-11,14-15H2,1-3H3,(H,34,36). The minimum Gasteiger partial charge on any atom is -0.494 e. The minimum atomic E-state index is -4.82. The molecule has 0 aliphatic heterocycles. The van der Waals surface area contributed by atoms with E-state index in [1.54, 1.807) is 0 Å². The molecule has 0 bridgehead atoms. The van der Waals surface area contributed by atoms with Crippen molar-refractivity contribution in [2.24, 2.45) is 0 Å². The summed E-state index contributed by atoms with van der Waals surface area (Å²) in [4.78, 5) is 17.1. The van der Waals surface area contributed by atoms with Crippen molar-refractivity contribution in [2.45, 2.75) is 37.0 Å². The van der Waals surface area contributed by atoms with Gasteiger partial charge in [-0.15, -0.1) is 0 Å². The lowest BCUT2D eigenvalue weighted by Gasteiger charge is -2.32. The molecule has 12 heteroatoms. The lowest BCUT2D eigenvalue weighted by molar-refractivity contribution is -0.184. The summed E-state index contributed by atoms with van der Waals surface area (Å²) >= 11 is 5.88. The van der Waals surface area contributed by atoms with E-state index < -0.39 is 41.2 Å². The third kappa shape index (κ3) is 6.10. The van der Waals surface area contributed by atoms with Gasteiger partial charge in [0, 0.05) is 17.7 Å². The highest BCUT2D eigenvalue weighted by Gasteiger charge is 2.53. The molecule has 0 radical (unpaired) electrons. The van der Waals surface area contributed by atoms with Crippen LogP contribution in [0.5, 0.6) is 17.2 Å². The summed E-state index contributed by atoms with van der Waals surface area (Å²) in [6.07, 6.45) is -3.58. The average Bonchev–Trinajstić information content (AvgIpc) is 3.67. The zero-order chi connectivity index (χ0) is 29.3. The van der Waals surface area contributed by atoms with E-state index in [0.717, 1.165) is 19.1 Å². The fourth-order valence-electron chi connectivity index (χ4n) is 3.89. The molecule has 1 fully saturated rings. The fraction of sp³-hybridized carbons (Fsp3) is 0.357. The number of hydrogen-bond acceptors (Lipinski definition) is 6. The number of carbonyl (C=O) groups is 1. The molecule has 0 spiro atoms. The first-order valence-electron chi connectivity index (χ1n) is 12.2. The first-order valence-corrected chi connectivity index (χ1v) is 12.6. The van der Waals surface area contributed by atoms with Crippen molar-refractivity contribution in [3.8, 4) is 28.5 Å². The quantitative estimate of drug-likeness (QED) is 0.298. The molecule has 3 aromatic rings. The number of alkyl halides is 3. The van der Waals surface area contributed by atoms with Crippen LogP contribution in [0.4, 0.5) is 17.6 Å². The topological polar surface area (TPSA) is 89.9 Å². The molecule has 1 aromatic heterocycles. The van der Waals surface area contributed by atoms with Gasteiger partial charge in [0.1, 0.15) is 29.3 Å². The van der Waals surface area contributed by atoms with E-state index in [-0.39, 0.29) is 45.7 Å². The highest BCUT2D eigenvalue weighted by molar-refractivity contribution is 6.31. The summed E-state index contributed by atoms with van der Waals surface area (Å²) < 4.78 is 73.3. The summed E-state index contributed by atoms with van der Waals surface area (Å²) in [6, 6.07) is 10.3. The molecule has 2 N–H and O–H groups in total. The summed E-state index contributed by atoms with van der Waals surface area (Å²) in [5, 5.41) is 12.1. The van der Waals surface area contributed by atoms with Gasteiger partial charge in [-0.1, -0.05) is 11.6 Å². The number of amides is 1. The second-order valence-electron chi connectivity index (χ2n) is 9.77. The van der Waals surface area contributed by atoms with Gasteiger partial charge in [0.15, 0.2) is 11.5 Å². The van der Waals surface area contributed by atoms with Crippen molar-refractivity contribution < 1.29 is 41.7 Å². The third-order valence-electron chi connectivity index (χ3n) is 6.81. The summed E-state index contributed by atoms with van der Waals surface area (Å²) in [5.74, 6) is -0.839. The lowest BCUT2D eigenvalue weighted by Crippen LogP contribution is -2.49. The van der Waals surface area contributed by atoms with Crippen LogP contribution < -0.4 is 19.5 Å². The second-order valence-corrected chi connectivity index (χ2v) is 10.2. The van der Waals surface area contributed by atoms with Crippen LogP contribution in [0.25, 0.3) is 11.3 Å². The zero-order valence-corrected chi connectivity index (χ0v) is 22.6. The van der Waals surface area contributed by atoms with E-state index in [0.29, 0.717) is 12.8 Å². The Morgan fingerprint density at radius 1 is 1.05 bits per heavy atom. The number of rotatable bonds is 10. The molecule has 2 aromatic carbocycles. The van der Waals surface area contributed by atoms with Crippen LogP contribution >= 0.6 is 11.6 Å². The van der Waals surface area contributed by atoms with Crippen LogP contribution in [0.15, 0.2) is 48.5 Å². The lowest BCUT2D eigenvalue weighted by atomic mass is 9.84. The van der Waals surface area contributed by atoms with Crippen molar-refractivity contribution in [3.63, 3.8) is 0 Å². The highest BCUT2D eigenvalue weighted by atomic mass is 35.5. The molecule has 1 saturated carbocycles. The smallest absolute Gasteiger partial charge is 0.401 e. The molecule has 4 rings (SSSR count). The number of nitrogens with zero attached hydrogens (tertiary/aromatic N) is 1. The normalized spacial score (nSPS) is 15.6. The number of aliphatic hydroxyl groups is 1. The van der Waals surface area contributed by atoms with Gasteiger partial charge in [-0.2, -0.15) is 13.2 Å². The van der Waals surface area contributed by atoms with Crippen LogP contribution in [0.3, 0.4) is 0 Å². The van der Waals surface area contributed by atoms with Gasteiger partial charge in [-0.05, 0) is 68.3 Å². The van der Waals surface area contributed by atoms with E-state index >= 15 is 0 Å². The Kier molecular flexibility index (Phi) is 8.18. The summed E-state index contributed by atoms with van der Waals surface area (Å²) in [6.45, 7) is 0.134. The van der Waals surface area contributed by atoms with Crippen molar-refractivity contribution >= 4 is 17.5 Å². The van der Waals surface area contributed by atoms with Crippen LogP contribution in [0, 0.1) is 5.82 Å².